The molecular formula is C15H12N2O5S. The third-order valence-electron chi connectivity index (χ3n) is 3.67. The van der Waals surface area contributed by atoms with Crippen molar-refractivity contribution in [2.45, 2.75) is 4.90 Å². The van der Waals surface area contributed by atoms with Crippen molar-refractivity contribution in [3.05, 3.63) is 53.0 Å². The van der Waals surface area contributed by atoms with Gasteiger partial charge in [0.15, 0.2) is 5.58 Å². The minimum Gasteiger partial charge on any atom is -0.489 e. The molecule has 1 aliphatic rings. The summed E-state index contributed by atoms with van der Waals surface area (Å²) in [7, 11) is -3.78. The number of para-hydroxylation sites is 2. The van der Waals surface area contributed by atoms with E-state index in [0.717, 1.165) is 0 Å². The van der Waals surface area contributed by atoms with Crippen LogP contribution in [0.4, 0.5) is 5.69 Å². The molecule has 0 unspecified atom stereocenters. The maximum Gasteiger partial charge on any atom is 0.417 e. The van der Waals surface area contributed by atoms with Crippen LogP contribution >= 0.6 is 0 Å². The smallest absolute Gasteiger partial charge is 0.417 e. The predicted octanol–water partition coefficient (Wildman–Crippen LogP) is 1.71. The van der Waals surface area contributed by atoms with E-state index < -0.39 is 15.8 Å². The summed E-state index contributed by atoms with van der Waals surface area (Å²) in [6.45, 7) is 0.492. The van der Waals surface area contributed by atoms with Crippen LogP contribution in [-0.4, -0.2) is 26.6 Å². The Morgan fingerprint density at radius 3 is 2.83 bits per heavy atom. The highest BCUT2D eigenvalue weighted by atomic mass is 32.2. The van der Waals surface area contributed by atoms with Crippen LogP contribution in [0.15, 0.2) is 56.6 Å². The van der Waals surface area contributed by atoms with E-state index in [1.807, 2.05) is 0 Å². The molecule has 2 aromatic carbocycles. The number of H-pyrrole nitrogens is 1. The Kier molecular flexibility index (Phi) is 2.95. The number of ether oxygens (including phenoxy) is 1. The average Bonchev–Trinajstić information content (AvgIpc) is 2.93. The van der Waals surface area contributed by atoms with E-state index in [-0.39, 0.29) is 23.6 Å². The normalized spacial score (nSPS) is 14.5. The Bertz CT molecular complexity index is 1050. The SMILES string of the molecule is O=c1[nH]c2ccc(S(=O)(=O)N3CCOc4ccccc43)cc2o1. The summed E-state index contributed by atoms with van der Waals surface area (Å²) in [5.74, 6) is -0.0946. The summed E-state index contributed by atoms with van der Waals surface area (Å²) in [6, 6.07) is 11.3. The number of rotatable bonds is 2. The zero-order valence-electron chi connectivity index (χ0n) is 11.9. The summed E-state index contributed by atoms with van der Waals surface area (Å²) in [5, 5.41) is 0. The van der Waals surface area contributed by atoms with Crippen LogP contribution in [-0.2, 0) is 10.0 Å². The first-order valence-corrected chi connectivity index (χ1v) is 8.37. The van der Waals surface area contributed by atoms with Gasteiger partial charge in [0.2, 0.25) is 0 Å². The molecule has 4 rings (SSSR count). The van der Waals surface area contributed by atoms with Crippen LogP contribution in [0.3, 0.4) is 0 Å². The van der Waals surface area contributed by atoms with Gasteiger partial charge in [0, 0.05) is 6.07 Å². The number of aromatic amines is 1. The minimum atomic E-state index is -3.78. The first kappa shape index (κ1) is 13.9. The van der Waals surface area contributed by atoms with E-state index >= 15 is 0 Å². The minimum absolute atomic E-state index is 0.0597. The maximum absolute atomic E-state index is 12.9. The third kappa shape index (κ3) is 2.18. The fourth-order valence-corrected chi connectivity index (χ4v) is 4.08. The number of aromatic nitrogens is 1. The fraction of sp³-hybridized carbons (Fsp3) is 0.133. The summed E-state index contributed by atoms with van der Waals surface area (Å²) >= 11 is 0. The highest BCUT2D eigenvalue weighted by Crippen LogP contribution is 2.35. The van der Waals surface area contributed by atoms with Gasteiger partial charge in [-0.3, -0.25) is 9.29 Å². The van der Waals surface area contributed by atoms with Crippen LogP contribution < -0.4 is 14.8 Å². The summed E-state index contributed by atoms with van der Waals surface area (Å²) in [4.78, 5) is 13.8. The molecule has 0 fully saturated rings. The quantitative estimate of drug-likeness (QED) is 0.771. The lowest BCUT2D eigenvalue weighted by Gasteiger charge is -2.30. The van der Waals surface area contributed by atoms with Gasteiger partial charge in [-0.25, -0.2) is 13.2 Å². The molecular weight excluding hydrogens is 320 g/mol. The molecule has 118 valence electrons. The number of hydrogen-bond acceptors (Lipinski definition) is 5. The van der Waals surface area contributed by atoms with Crippen molar-refractivity contribution in [1.82, 2.24) is 4.98 Å². The number of benzene rings is 2. The van der Waals surface area contributed by atoms with Crippen LogP contribution in [0.25, 0.3) is 11.1 Å². The number of nitrogens with zero attached hydrogens (tertiary/aromatic N) is 1. The van der Waals surface area contributed by atoms with Gasteiger partial charge in [-0.2, -0.15) is 0 Å². The van der Waals surface area contributed by atoms with Gasteiger partial charge in [-0.1, -0.05) is 12.1 Å². The number of nitrogens with one attached hydrogen (secondary N) is 1. The second kappa shape index (κ2) is 4.88. The van der Waals surface area contributed by atoms with Gasteiger partial charge in [0.1, 0.15) is 12.4 Å². The molecule has 1 aromatic heterocycles. The Hall–Kier alpha value is -2.74. The fourth-order valence-electron chi connectivity index (χ4n) is 2.61. The van der Waals surface area contributed by atoms with E-state index in [9.17, 15) is 13.2 Å². The lowest BCUT2D eigenvalue weighted by atomic mass is 10.2. The Morgan fingerprint density at radius 1 is 1.13 bits per heavy atom. The first-order chi connectivity index (χ1) is 11.1. The number of hydrogen-bond donors (Lipinski definition) is 1. The van der Waals surface area contributed by atoms with E-state index in [4.69, 9.17) is 9.15 Å². The van der Waals surface area contributed by atoms with Crippen molar-refractivity contribution in [2.24, 2.45) is 0 Å². The molecule has 23 heavy (non-hydrogen) atoms. The predicted molar refractivity (Wildman–Crippen MR) is 83.3 cm³/mol. The van der Waals surface area contributed by atoms with E-state index in [2.05, 4.69) is 4.98 Å². The lowest BCUT2D eigenvalue weighted by Crippen LogP contribution is -2.37. The molecule has 0 radical (unpaired) electrons. The average molecular weight is 332 g/mol. The number of sulfonamides is 1. The van der Waals surface area contributed by atoms with Gasteiger partial charge < -0.3 is 9.15 Å². The summed E-state index contributed by atoms with van der Waals surface area (Å²) < 4.78 is 37.6. The molecule has 0 aliphatic carbocycles. The lowest BCUT2D eigenvalue weighted by molar-refractivity contribution is 0.316. The van der Waals surface area contributed by atoms with Crippen LogP contribution in [0.2, 0.25) is 0 Å². The number of fused-ring (bicyclic) bond motifs is 2. The second-order valence-electron chi connectivity index (χ2n) is 5.07. The van der Waals surface area contributed by atoms with Crippen LogP contribution in [0, 0.1) is 0 Å². The Balaban J connectivity index is 1.85. The second-order valence-corrected chi connectivity index (χ2v) is 6.93. The van der Waals surface area contributed by atoms with Gasteiger partial charge >= 0.3 is 5.76 Å². The monoisotopic (exact) mass is 332 g/mol. The van der Waals surface area contributed by atoms with Crippen LogP contribution in [0.5, 0.6) is 5.75 Å². The van der Waals surface area contributed by atoms with Gasteiger partial charge in [0.05, 0.1) is 22.6 Å². The van der Waals surface area contributed by atoms with Gasteiger partial charge in [-0.15, -0.1) is 0 Å². The molecule has 0 amide bonds. The molecule has 0 saturated heterocycles. The Labute approximate surface area is 131 Å². The van der Waals surface area contributed by atoms with Gasteiger partial charge in [0.25, 0.3) is 10.0 Å². The highest BCUT2D eigenvalue weighted by Gasteiger charge is 2.30. The molecule has 0 bridgehead atoms. The largest absolute Gasteiger partial charge is 0.489 e. The molecule has 1 N–H and O–H groups in total. The molecule has 0 spiro atoms. The molecule has 8 heteroatoms. The molecule has 7 nitrogen and oxygen atoms in total. The number of anilines is 1. The topological polar surface area (TPSA) is 92.6 Å². The van der Waals surface area contributed by atoms with Crippen molar-refractivity contribution in [3.8, 4) is 5.75 Å². The zero-order valence-corrected chi connectivity index (χ0v) is 12.7. The van der Waals surface area contributed by atoms with Crippen molar-refractivity contribution >= 4 is 26.8 Å². The van der Waals surface area contributed by atoms with Crippen molar-refractivity contribution in [2.75, 3.05) is 17.5 Å². The van der Waals surface area contributed by atoms with Crippen LogP contribution in [0.1, 0.15) is 0 Å². The molecule has 2 heterocycles. The van der Waals surface area contributed by atoms with Crippen molar-refractivity contribution in [3.63, 3.8) is 0 Å². The molecule has 3 aromatic rings. The van der Waals surface area contributed by atoms with Gasteiger partial charge in [-0.05, 0) is 24.3 Å². The van der Waals surface area contributed by atoms with E-state index in [1.165, 1.54) is 22.5 Å². The molecule has 0 saturated carbocycles. The van der Waals surface area contributed by atoms with E-state index in [1.54, 1.807) is 24.3 Å². The molecule has 0 atom stereocenters. The number of oxazole rings is 1. The summed E-state index contributed by atoms with van der Waals surface area (Å²) in [6.07, 6.45) is 0. The summed E-state index contributed by atoms with van der Waals surface area (Å²) in [5.41, 5.74) is 1.16. The molecule has 1 aliphatic heterocycles. The zero-order chi connectivity index (χ0) is 16.0. The third-order valence-corrected chi connectivity index (χ3v) is 5.48. The standard InChI is InChI=1S/C15H12N2O5S/c18-15-16-11-6-5-10(9-14(11)22-15)23(19,20)17-7-8-21-13-4-2-1-3-12(13)17/h1-6,9H,7-8H2,(H,16,18). The van der Waals surface area contributed by atoms with Crippen molar-refractivity contribution < 1.29 is 17.6 Å². The highest BCUT2D eigenvalue weighted by molar-refractivity contribution is 7.92. The van der Waals surface area contributed by atoms with Crippen molar-refractivity contribution in [1.29, 1.82) is 0 Å². The Morgan fingerprint density at radius 2 is 1.96 bits per heavy atom. The first-order valence-electron chi connectivity index (χ1n) is 6.93. The maximum atomic E-state index is 12.9. The van der Waals surface area contributed by atoms with E-state index in [0.29, 0.717) is 17.0 Å².